The molecule has 0 amide bonds. The van der Waals surface area contributed by atoms with Gasteiger partial charge in [-0.05, 0) is 41.6 Å². The van der Waals surface area contributed by atoms with Gasteiger partial charge in [0.25, 0.3) is 0 Å². The molecule has 0 aliphatic carbocycles. The van der Waals surface area contributed by atoms with Gasteiger partial charge in [-0.2, -0.15) is 0 Å². The number of hydrogen-bond donors (Lipinski definition) is 1. The van der Waals surface area contributed by atoms with Crippen molar-refractivity contribution >= 4 is 35.6 Å². The van der Waals surface area contributed by atoms with Crippen molar-refractivity contribution < 1.29 is 0 Å². The van der Waals surface area contributed by atoms with Crippen LogP contribution in [0.15, 0.2) is 11.1 Å². The number of allylic oxidation sites excluding steroid dienone is 1. The van der Waals surface area contributed by atoms with Crippen LogP contribution in [0.1, 0.15) is 0 Å². The lowest BCUT2D eigenvalue weighted by Crippen LogP contribution is -1.98. The lowest BCUT2D eigenvalue weighted by Gasteiger charge is -1.95. The molecule has 8 heavy (non-hydrogen) atoms. The van der Waals surface area contributed by atoms with Crippen molar-refractivity contribution in [1.82, 2.24) is 5.32 Å². The maximum atomic E-state index is 5.73. The number of nitrogens with one attached hydrogen (secondary N) is 1. The van der Waals surface area contributed by atoms with E-state index in [1.54, 1.807) is 10.8 Å². The van der Waals surface area contributed by atoms with Crippen molar-refractivity contribution in [2.24, 2.45) is 0 Å². The molecule has 4 heteroatoms. The van der Waals surface area contributed by atoms with Crippen LogP contribution in [0.5, 0.6) is 0 Å². The first-order valence-corrected chi connectivity index (χ1v) is 5.58. The molecular formula is C4H6ClNS2. The molecule has 0 aromatic carbocycles. The van der Waals surface area contributed by atoms with Gasteiger partial charge < -0.3 is 5.32 Å². The van der Waals surface area contributed by atoms with Crippen molar-refractivity contribution in [2.45, 2.75) is 0 Å². The van der Waals surface area contributed by atoms with Gasteiger partial charge in [-0.1, -0.05) is 0 Å². The third-order valence-corrected chi connectivity index (χ3v) is 4.00. The van der Waals surface area contributed by atoms with Crippen LogP contribution in [0.4, 0.5) is 0 Å². The van der Waals surface area contributed by atoms with Crippen molar-refractivity contribution in [3.8, 4) is 0 Å². The number of halogens is 1. The van der Waals surface area contributed by atoms with Crippen LogP contribution in [-0.4, -0.2) is 12.4 Å². The van der Waals surface area contributed by atoms with Crippen molar-refractivity contribution in [2.75, 3.05) is 7.05 Å². The predicted octanol–water partition coefficient (Wildman–Crippen LogP) is 1.93. The molecule has 1 aliphatic rings. The smallest absolute Gasteiger partial charge is 0.0798 e. The summed E-state index contributed by atoms with van der Waals surface area (Å²) < 4.78 is 0. The van der Waals surface area contributed by atoms with Crippen LogP contribution in [-0.2, 0) is 0 Å². The van der Waals surface area contributed by atoms with Gasteiger partial charge in [-0.15, -0.1) is 0 Å². The summed E-state index contributed by atoms with van der Waals surface area (Å²) in [5.41, 5.74) is 0. The SMILES string of the molecule is CNC1=CC=S(Cl)S1. The van der Waals surface area contributed by atoms with Gasteiger partial charge in [-0.3, -0.25) is 0 Å². The van der Waals surface area contributed by atoms with Gasteiger partial charge in [-0.25, -0.2) is 0 Å². The molecule has 1 nitrogen and oxygen atoms in total. The first kappa shape index (κ1) is 6.52. The van der Waals surface area contributed by atoms with E-state index in [0.29, 0.717) is 0 Å². The monoisotopic (exact) mass is 167 g/mol. The second-order valence-corrected chi connectivity index (χ2v) is 5.75. The molecule has 0 radical (unpaired) electrons. The Labute approximate surface area is 59.3 Å². The van der Waals surface area contributed by atoms with E-state index >= 15 is 0 Å². The summed E-state index contributed by atoms with van der Waals surface area (Å²) in [6.07, 6.45) is 2.00. The fraction of sp³-hybridized carbons (Fsp3) is 0.250. The third kappa shape index (κ3) is 1.44. The zero-order chi connectivity index (χ0) is 5.98. The fourth-order valence-corrected chi connectivity index (χ4v) is 3.17. The molecule has 46 valence electrons. The molecule has 1 atom stereocenters. The molecular weight excluding hydrogens is 162 g/mol. The van der Waals surface area contributed by atoms with Gasteiger partial charge in [0, 0.05) is 7.05 Å². The largest absolute Gasteiger partial charge is 0.382 e. The van der Waals surface area contributed by atoms with E-state index in [2.05, 4.69) is 5.32 Å². The summed E-state index contributed by atoms with van der Waals surface area (Å²) in [5.74, 6) is 0. The zero-order valence-corrected chi connectivity index (χ0v) is 6.74. The predicted molar refractivity (Wildman–Crippen MR) is 44.2 cm³/mol. The van der Waals surface area contributed by atoms with Crippen LogP contribution in [0.2, 0.25) is 0 Å². The standard InChI is InChI=1S/C4H6ClNS2/c1-6-4-2-3-8(5)7-4/h2-3,6H,1H3. The Hall–Kier alpha value is 0.400. The van der Waals surface area contributed by atoms with Crippen LogP contribution >= 0.6 is 30.2 Å². The molecule has 0 saturated heterocycles. The lowest BCUT2D eigenvalue weighted by molar-refractivity contribution is 1.08. The Morgan fingerprint density at radius 1 is 1.88 bits per heavy atom. The second kappa shape index (κ2) is 2.80. The Morgan fingerprint density at radius 3 is 2.88 bits per heavy atom. The van der Waals surface area contributed by atoms with Gasteiger partial charge in [0.1, 0.15) is 0 Å². The minimum atomic E-state index is -0.0940. The van der Waals surface area contributed by atoms with E-state index in [4.69, 9.17) is 10.7 Å². The number of rotatable bonds is 1. The van der Waals surface area contributed by atoms with E-state index in [0.717, 1.165) is 5.03 Å². The molecule has 0 bridgehead atoms. The van der Waals surface area contributed by atoms with Gasteiger partial charge in [0.15, 0.2) is 0 Å². The summed E-state index contributed by atoms with van der Waals surface area (Å²) in [6.45, 7) is 0. The van der Waals surface area contributed by atoms with Gasteiger partial charge >= 0.3 is 0 Å². The van der Waals surface area contributed by atoms with E-state index in [9.17, 15) is 0 Å². The molecule has 1 heterocycles. The Kier molecular flexibility index (Phi) is 2.28. The van der Waals surface area contributed by atoms with E-state index in [1.165, 1.54) is 0 Å². The molecule has 0 saturated carbocycles. The average molecular weight is 168 g/mol. The first-order chi connectivity index (χ1) is 3.83. The highest BCUT2D eigenvalue weighted by Gasteiger charge is 2.01. The van der Waals surface area contributed by atoms with Gasteiger partial charge in [0.2, 0.25) is 0 Å². The Bertz CT molecular complexity index is 152. The quantitative estimate of drug-likeness (QED) is 0.473. The van der Waals surface area contributed by atoms with Crippen molar-refractivity contribution in [1.29, 1.82) is 0 Å². The second-order valence-electron chi connectivity index (χ2n) is 1.25. The molecule has 1 rings (SSSR count). The molecule has 0 fully saturated rings. The molecule has 1 unspecified atom stereocenters. The Balaban J connectivity index is 2.49. The highest BCUT2D eigenvalue weighted by Crippen LogP contribution is 2.42. The summed E-state index contributed by atoms with van der Waals surface area (Å²) in [6, 6.07) is 0. The average Bonchev–Trinajstić information content (AvgIpc) is 2.14. The molecule has 0 spiro atoms. The van der Waals surface area contributed by atoms with Crippen molar-refractivity contribution in [3.05, 3.63) is 11.1 Å². The highest BCUT2D eigenvalue weighted by atomic mass is 35.7. The van der Waals surface area contributed by atoms with Crippen molar-refractivity contribution in [3.63, 3.8) is 0 Å². The van der Waals surface area contributed by atoms with Crippen LogP contribution in [0.25, 0.3) is 0 Å². The maximum Gasteiger partial charge on any atom is 0.0798 e. The molecule has 0 aromatic heterocycles. The lowest BCUT2D eigenvalue weighted by atomic mass is 10.7. The topological polar surface area (TPSA) is 12.0 Å². The number of hydrogen-bond acceptors (Lipinski definition) is 2. The summed E-state index contributed by atoms with van der Waals surface area (Å²) in [4.78, 5) is 0. The summed E-state index contributed by atoms with van der Waals surface area (Å²) >= 11 is 0. The summed E-state index contributed by atoms with van der Waals surface area (Å²) in [5, 5.41) is 6.15. The van der Waals surface area contributed by atoms with Crippen LogP contribution < -0.4 is 5.32 Å². The Morgan fingerprint density at radius 2 is 2.62 bits per heavy atom. The first-order valence-electron chi connectivity index (χ1n) is 2.13. The van der Waals surface area contributed by atoms with Crippen LogP contribution in [0, 0.1) is 0 Å². The van der Waals surface area contributed by atoms with Crippen LogP contribution in [0.3, 0.4) is 0 Å². The normalized spacial score (nSPS) is 26.8. The zero-order valence-electron chi connectivity index (χ0n) is 4.35. The third-order valence-electron chi connectivity index (χ3n) is 0.742. The van der Waals surface area contributed by atoms with E-state index in [-0.39, 0.29) is 8.73 Å². The molecule has 1 aliphatic heterocycles. The molecule has 1 N–H and O–H groups in total. The fourth-order valence-electron chi connectivity index (χ4n) is 0.382. The minimum absolute atomic E-state index is 0.0940. The van der Waals surface area contributed by atoms with E-state index < -0.39 is 0 Å². The maximum absolute atomic E-state index is 5.73. The summed E-state index contributed by atoms with van der Waals surface area (Å²) in [7, 11) is 9.18. The van der Waals surface area contributed by atoms with E-state index in [1.807, 2.05) is 18.5 Å². The van der Waals surface area contributed by atoms with Gasteiger partial charge in [0.05, 0.1) is 5.03 Å². The highest BCUT2D eigenvalue weighted by molar-refractivity contribution is 8.93. The minimum Gasteiger partial charge on any atom is -0.382 e. The molecule has 0 aromatic rings.